The Morgan fingerprint density at radius 1 is 1.36 bits per heavy atom. The van der Waals surface area contributed by atoms with Crippen molar-refractivity contribution in [3.05, 3.63) is 30.6 Å². The Hall–Kier alpha value is -1.66. The van der Waals surface area contributed by atoms with E-state index in [1.165, 1.54) is 5.56 Å². The predicted octanol–water partition coefficient (Wildman–Crippen LogP) is 0.325. The van der Waals surface area contributed by atoms with E-state index >= 15 is 0 Å². The van der Waals surface area contributed by atoms with Crippen LogP contribution in [0.4, 0.5) is 0 Å². The Labute approximate surface area is 132 Å². The van der Waals surface area contributed by atoms with E-state index < -0.39 is 0 Å². The minimum absolute atomic E-state index is 0.259. The first-order valence-electron chi connectivity index (χ1n) is 7.86. The number of amides is 1. The summed E-state index contributed by atoms with van der Waals surface area (Å²) in [5.74, 6) is 0.259. The monoisotopic (exact) mass is 303 g/mol. The molecule has 2 fully saturated rings. The maximum absolute atomic E-state index is 12.8. The summed E-state index contributed by atoms with van der Waals surface area (Å²) in [5.41, 5.74) is 0.829. The number of nitrogens with zero attached hydrogens (tertiary/aromatic N) is 5. The molecule has 1 spiro atoms. The summed E-state index contributed by atoms with van der Waals surface area (Å²) in [5, 5.41) is 4.23. The van der Waals surface area contributed by atoms with Gasteiger partial charge in [-0.1, -0.05) is 6.08 Å². The quantitative estimate of drug-likeness (QED) is 0.752. The number of hydrogen-bond acceptors (Lipinski definition) is 4. The van der Waals surface area contributed by atoms with Crippen molar-refractivity contribution < 1.29 is 4.79 Å². The van der Waals surface area contributed by atoms with E-state index in [4.69, 9.17) is 0 Å². The van der Waals surface area contributed by atoms with E-state index in [-0.39, 0.29) is 11.4 Å². The minimum Gasteiger partial charge on any atom is -0.343 e. The summed E-state index contributed by atoms with van der Waals surface area (Å²) in [6.45, 7) is 8.95. The minimum atomic E-state index is -0.372. The van der Waals surface area contributed by atoms with Crippen LogP contribution in [0.1, 0.15) is 12.0 Å². The molecule has 0 saturated carbocycles. The van der Waals surface area contributed by atoms with E-state index in [2.05, 4.69) is 21.5 Å². The Balaban J connectivity index is 1.76. The van der Waals surface area contributed by atoms with Gasteiger partial charge < -0.3 is 4.90 Å². The average molecular weight is 303 g/mol. The fourth-order valence-electron chi connectivity index (χ4n) is 3.75. The zero-order chi connectivity index (χ0) is 15.7. The molecule has 2 aliphatic rings. The summed E-state index contributed by atoms with van der Waals surface area (Å²) in [7, 11) is 3.85. The third kappa shape index (κ3) is 2.57. The van der Waals surface area contributed by atoms with Crippen molar-refractivity contribution in [1.82, 2.24) is 24.5 Å². The van der Waals surface area contributed by atoms with Gasteiger partial charge in [0.05, 0.1) is 6.20 Å². The maximum Gasteiger partial charge on any atom is 0.244 e. The highest BCUT2D eigenvalue weighted by Crippen LogP contribution is 2.33. The van der Waals surface area contributed by atoms with Gasteiger partial charge in [-0.2, -0.15) is 5.10 Å². The van der Waals surface area contributed by atoms with Crippen molar-refractivity contribution in [3.8, 4) is 0 Å². The highest BCUT2D eigenvalue weighted by atomic mass is 16.2. The first kappa shape index (κ1) is 15.2. The fourth-order valence-corrected chi connectivity index (χ4v) is 3.75. The molecule has 0 bridgehead atoms. The number of piperazine rings is 1. The van der Waals surface area contributed by atoms with Crippen LogP contribution in [0.25, 0.3) is 0 Å². The Kier molecular flexibility index (Phi) is 4.06. The van der Waals surface area contributed by atoms with Gasteiger partial charge in [0.2, 0.25) is 5.91 Å². The van der Waals surface area contributed by atoms with Crippen molar-refractivity contribution in [2.75, 3.05) is 39.8 Å². The lowest BCUT2D eigenvalue weighted by Gasteiger charge is -2.46. The SMILES string of the molecule is C=CCN1CCN(C)C(=O)C12CCN(Cc1cnn(C)c1)C2. The first-order valence-corrected chi connectivity index (χ1v) is 7.86. The molecule has 1 unspecified atom stereocenters. The normalized spacial score (nSPS) is 27.0. The number of aryl methyl sites for hydroxylation is 1. The van der Waals surface area contributed by atoms with Crippen molar-refractivity contribution in [3.63, 3.8) is 0 Å². The molecule has 2 aliphatic heterocycles. The molecule has 1 aromatic rings. The van der Waals surface area contributed by atoms with E-state index in [9.17, 15) is 4.79 Å². The largest absolute Gasteiger partial charge is 0.343 e. The van der Waals surface area contributed by atoms with Crippen molar-refractivity contribution in [1.29, 1.82) is 0 Å². The van der Waals surface area contributed by atoms with Crippen LogP contribution < -0.4 is 0 Å². The molecule has 3 rings (SSSR count). The lowest BCUT2D eigenvalue weighted by atomic mass is 9.91. The molecule has 1 atom stereocenters. The molecule has 1 amide bonds. The second-order valence-corrected chi connectivity index (χ2v) is 6.48. The molecule has 1 aromatic heterocycles. The summed E-state index contributed by atoms with van der Waals surface area (Å²) < 4.78 is 1.82. The highest BCUT2D eigenvalue weighted by molar-refractivity contribution is 5.87. The van der Waals surface area contributed by atoms with Gasteiger partial charge in [-0.15, -0.1) is 6.58 Å². The fraction of sp³-hybridized carbons (Fsp3) is 0.625. The number of carbonyl (C=O) groups is 1. The molecule has 0 radical (unpaired) electrons. The number of rotatable bonds is 4. The molecule has 120 valence electrons. The number of hydrogen-bond donors (Lipinski definition) is 0. The van der Waals surface area contributed by atoms with Crippen LogP contribution in [-0.2, 0) is 18.4 Å². The van der Waals surface area contributed by atoms with Gasteiger partial charge in [0.25, 0.3) is 0 Å². The van der Waals surface area contributed by atoms with Crippen molar-refractivity contribution >= 4 is 5.91 Å². The van der Waals surface area contributed by atoms with E-state index in [1.54, 1.807) is 0 Å². The number of carbonyl (C=O) groups excluding carboxylic acids is 1. The smallest absolute Gasteiger partial charge is 0.244 e. The molecule has 6 heteroatoms. The van der Waals surface area contributed by atoms with E-state index in [1.807, 2.05) is 42.1 Å². The summed E-state index contributed by atoms with van der Waals surface area (Å²) in [6, 6.07) is 0. The van der Waals surface area contributed by atoms with Crippen LogP contribution in [0.3, 0.4) is 0 Å². The molecule has 22 heavy (non-hydrogen) atoms. The molecule has 6 nitrogen and oxygen atoms in total. The van der Waals surface area contributed by atoms with Gasteiger partial charge in [0.1, 0.15) is 5.54 Å². The second-order valence-electron chi connectivity index (χ2n) is 6.48. The van der Waals surface area contributed by atoms with E-state index in [0.29, 0.717) is 0 Å². The number of aromatic nitrogens is 2. The zero-order valence-corrected chi connectivity index (χ0v) is 13.5. The summed E-state index contributed by atoms with van der Waals surface area (Å²) in [4.78, 5) is 19.4. The predicted molar refractivity (Wildman–Crippen MR) is 85.2 cm³/mol. The first-order chi connectivity index (χ1) is 10.5. The molecule has 2 saturated heterocycles. The summed E-state index contributed by atoms with van der Waals surface area (Å²) >= 11 is 0. The molecule has 0 aliphatic carbocycles. The summed E-state index contributed by atoms with van der Waals surface area (Å²) in [6.07, 6.45) is 6.75. The van der Waals surface area contributed by atoms with Crippen LogP contribution in [0.5, 0.6) is 0 Å². The molecule has 0 N–H and O–H groups in total. The second kappa shape index (κ2) is 5.85. The van der Waals surface area contributed by atoms with Gasteiger partial charge in [0.15, 0.2) is 0 Å². The number of likely N-dealkylation sites (N-methyl/N-ethyl adjacent to an activating group) is 1. The lowest BCUT2D eigenvalue weighted by Crippen LogP contribution is -2.66. The highest BCUT2D eigenvalue weighted by Gasteiger charge is 2.51. The Morgan fingerprint density at radius 3 is 2.86 bits per heavy atom. The van der Waals surface area contributed by atoms with Gasteiger partial charge >= 0.3 is 0 Å². The van der Waals surface area contributed by atoms with Crippen LogP contribution >= 0.6 is 0 Å². The molecular formula is C16H25N5O. The van der Waals surface area contributed by atoms with Gasteiger partial charge in [-0.3, -0.25) is 19.3 Å². The van der Waals surface area contributed by atoms with Crippen LogP contribution in [0, 0.1) is 0 Å². The van der Waals surface area contributed by atoms with Gasteiger partial charge in [-0.25, -0.2) is 0 Å². The standard InChI is InChI=1S/C16H25N5O/c1-4-6-21-9-8-18(2)15(22)16(21)5-7-20(13-16)12-14-10-17-19(3)11-14/h4,10-11H,1,5-9,12-13H2,2-3H3. The topological polar surface area (TPSA) is 44.6 Å². The van der Waals surface area contributed by atoms with Crippen LogP contribution in [-0.4, -0.2) is 75.7 Å². The average Bonchev–Trinajstić information content (AvgIpc) is 3.09. The third-order valence-electron chi connectivity index (χ3n) is 4.90. The molecule has 3 heterocycles. The molecule has 0 aromatic carbocycles. The Bertz CT molecular complexity index is 569. The zero-order valence-electron chi connectivity index (χ0n) is 13.5. The lowest BCUT2D eigenvalue weighted by molar-refractivity contribution is -0.148. The van der Waals surface area contributed by atoms with E-state index in [0.717, 1.165) is 45.7 Å². The number of likely N-dealkylation sites (tertiary alicyclic amines) is 1. The van der Waals surface area contributed by atoms with Gasteiger partial charge in [-0.05, 0) is 6.42 Å². The van der Waals surface area contributed by atoms with Crippen molar-refractivity contribution in [2.45, 2.75) is 18.5 Å². The van der Waals surface area contributed by atoms with Crippen LogP contribution in [0.2, 0.25) is 0 Å². The third-order valence-corrected chi connectivity index (χ3v) is 4.90. The molecular weight excluding hydrogens is 278 g/mol. The van der Waals surface area contributed by atoms with Crippen LogP contribution in [0.15, 0.2) is 25.0 Å². The van der Waals surface area contributed by atoms with Crippen molar-refractivity contribution in [2.24, 2.45) is 7.05 Å². The van der Waals surface area contributed by atoms with Gasteiger partial charge in [0, 0.05) is 65.1 Å². The maximum atomic E-state index is 12.8. The Morgan fingerprint density at radius 2 is 2.18 bits per heavy atom.